The SMILES string of the molecule is CC(F)C(F)(F)C(F)(F)C(F)(F)C(F)(F)C(F)(F)C(F)(F)C(F)(F)C(F)(F)CC[Si](N(C)C)(N(C)C)N(C)C. The monoisotopic (exact) mass is 635 g/mol. The van der Waals surface area contributed by atoms with Crippen molar-refractivity contribution in [2.45, 2.75) is 72.9 Å². The first kappa shape index (κ1) is 37.9. The zero-order valence-electron chi connectivity index (χ0n) is 21.3. The van der Waals surface area contributed by atoms with Gasteiger partial charge in [-0.2, -0.15) is 70.2 Å². The molecule has 0 heterocycles. The number of rotatable bonds is 14. The summed E-state index contributed by atoms with van der Waals surface area (Å²) in [6, 6.07) is -1.19. The fourth-order valence-electron chi connectivity index (χ4n) is 3.83. The van der Waals surface area contributed by atoms with Crippen LogP contribution < -0.4 is 0 Å². The van der Waals surface area contributed by atoms with Crippen molar-refractivity contribution in [2.24, 2.45) is 0 Å². The maximum absolute atomic E-state index is 14.4. The molecule has 0 saturated carbocycles. The summed E-state index contributed by atoms with van der Waals surface area (Å²) in [5, 5.41) is 0. The van der Waals surface area contributed by atoms with Crippen LogP contribution in [0, 0.1) is 0 Å². The van der Waals surface area contributed by atoms with Gasteiger partial charge in [0.1, 0.15) is 0 Å². The van der Waals surface area contributed by atoms with Gasteiger partial charge in [0.15, 0.2) is 6.17 Å². The van der Waals surface area contributed by atoms with E-state index in [-0.39, 0.29) is 0 Å². The van der Waals surface area contributed by atoms with E-state index in [1.807, 2.05) is 0 Å². The van der Waals surface area contributed by atoms with Gasteiger partial charge < -0.3 is 13.7 Å². The van der Waals surface area contributed by atoms with E-state index in [1.165, 1.54) is 56.0 Å². The molecule has 0 aromatic rings. The van der Waals surface area contributed by atoms with Gasteiger partial charge in [0.25, 0.3) is 8.56 Å². The summed E-state index contributed by atoms with van der Waals surface area (Å²) in [5.41, 5.74) is 0. The van der Waals surface area contributed by atoms with Gasteiger partial charge in [-0.3, -0.25) is 0 Å². The zero-order chi connectivity index (χ0) is 32.2. The molecule has 21 heteroatoms. The lowest BCUT2D eigenvalue weighted by atomic mass is 9.86. The highest BCUT2D eigenvalue weighted by Crippen LogP contribution is 2.64. The lowest BCUT2D eigenvalue weighted by Gasteiger charge is -2.48. The first-order valence-corrected chi connectivity index (χ1v) is 12.5. The van der Waals surface area contributed by atoms with Crippen LogP contribution in [0.4, 0.5) is 74.6 Å². The molecule has 0 rings (SSSR count). The molecular weight excluding hydrogens is 609 g/mol. The Labute approximate surface area is 213 Å². The summed E-state index contributed by atoms with van der Waals surface area (Å²) in [7, 11) is 3.75. The second kappa shape index (κ2) is 10.6. The van der Waals surface area contributed by atoms with Gasteiger partial charge in [-0.15, -0.1) is 0 Å². The molecule has 0 bridgehead atoms. The molecule has 0 aromatic carbocycles. The molecule has 3 nitrogen and oxygen atoms in total. The Morgan fingerprint density at radius 2 is 0.744 bits per heavy atom. The third-order valence-electron chi connectivity index (χ3n) is 6.27. The van der Waals surface area contributed by atoms with E-state index in [1.54, 1.807) is 0 Å². The van der Waals surface area contributed by atoms with Gasteiger partial charge in [-0.1, -0.05) is 0 Å². The van der Waals surface area contributed by atoms with Gasteiger partial charge in [-0.25, -0.2) is 4.39 Å². The topological polar surface area (TPSA) is 9.72 Å². The molecule has 0 radical (unpaired) electrons. The Balaban J connectivity index is 6.83. The lowest BCUT2D eigenvalue weighted by molar-refractivity contribution is -0.455. The number of alkyl halides is 17. The molecule has 0 saturated heterocycles. The van der Waals surface area contributed by atoms with Crippen molar-refractivity contribution >= 4 is 8.56 Å². The minimum atomic E-state index is -8.56. The molecule has 39 heavy (non-hydrogen) atoms. The molecular formula is C18H26F17N3Si. The Hall–Kier alpha value is -1.09. The molecule has 0 aromatic heterocycles. The first-order valence-electron chi connectivity index (χ1n) is 10.4. The van der Waals surface area contributed by atoms with Gasteiger partial charge in [0.2, 0.25) is 0 Å². The molecule has 0 aliphatic carbocycles. The highest BCUT2D eigenvalue weighted by Gasteiger charge is 2.95. The molecule has 0 fully saturated rings. The number of hydrogen-bond acceptors (Lipinski definition) is 3. The van der Waals surface area contributed by atoms with E-state index in [0.29, 0.717) is 0 Å². The Bertz CT molecular complexity index is 821. The molecule has 0 aliphatic heterocycles. The van der Waals surface area contributed by atoms with Crippen LogP contribution in [0.15, 0.2) is 0 Å². The minimum absolute atomic E-state index is 0.623. The number of hydrogen-bond donors (Lipinski definition) is 0. The van der Waals surface area contributed by atoms with Crippen molar-refractivity contribution in [1.29, 1.82) is 0 Å². The summed E-state index contributed by atoms with van der Waals surface area (Å²) in [6.07, 6.45) is -6.93. The van der Waals surface area contributed by atoms with E-state index in [9.17, 15) is 74.6 Å². The lowest BCUT2D eigenvalue weighted by Crippen LogP contribution is -2.75. The van der Waals surface area contributed by atoms with Crippen LogP contribution in [0.1, 0.15) is 13.3 Å². The van der Waals surface area contributed by atoms with E-state index >= 15 is 0 Å². The largest absolute Gasteiger partial charge is 0.385 e. The van der Waals surface area contributed by atoms with Crippen molar-refractivity contribution in [2.75, 3.05) is 42.3 Å². The van der Waals surface area contributed by atoms with E-state index in [2.05, 4.69) is 0 Å². The summed E-state index contributed by atoms with van der Waals surface area (Å²) in [6.45, 7) is -0.623. The second-order valence-corrected chi connectivity index (χ2v) is 14.1. The fraction of sp³-hybridized carbons (Fsp3) is 1.00. The van der Waals surface area contributed by atoms with Crippen LogP contribution >= 0.6 is 0 Å². The van der Waals surface area contributed by atoms with Gasteiger partial charge in [0.05, 0.1) is 0 Å². The van der Waals surface area contributed by atoms with Crippen molar-refractivity contribution in [3.63, 3.8) is 0 Å². The quantitative estimate of drug-likeness (QED) is 0.161. The van der Waals surface area contributed by atoms with Crippen molar-refractivity contribution in [3.05, 3.63) is 0 Å². The highest BCUT2D eigenvalue weighted by atomic mass is 28.4. The average molecular weight is 635 g/mol. The van der Waals surface area contributed by atoms with Crippen LogP contribution in [-0.4, -0.2) is 118 Å². The van der Waals surface area contributed by atoms with Gasteiger partial charge >= 0.3 is 47.4 Å². The zero-order valence-corrected chi connectivity index (χ0v) is 22.3. The standard InChI is InChI=1S/C18H26F17N3Si/c1-10(19)12(22,23)14(26,27)16(30,31)18(34,35)17(32,33)15(28,29)13(24,25)11(20,21)8-9-39(36(2)3,37(4)5)38(6)7/h10H,8-9H2,1-7H3. The summed E-state index contributed by atoms with van der Waals surface area (Å²) >= 11 is 0. The van der Waals surface area contributed by atoms with Crippen LogP contribution in [0.3, 0.4) is 0 Å². The second-order valence-electron chi connectivity index (χ2n) is 9.35. The normalized spacial score (nSPS) is 17.0. The molecule has 1 unspecified atom stereocenters. The summed E-state index contributed by atoms with van der Waals surface area (Å²) in [5.74, 6) is -62.5. The van der Waals surface area contributed by atoms with Crippen LogP contribution in [-0.2, 0) is 0 Å². The van der Waals surface area contributed by atoms with E-state index in [4.69, 9.17) is 0 Å². The maximum Gasteiger partial charge on any atom is 0.385 e. The maximum atomic E-state index is 14.4. The molecule has 0 aliphatic rings. The number of halogens is 17. The van der Waals surface area contributed by atoms with Gasteiger partial charge in [-0.05, 0) is 55.3 Å². The Morgan fingerprint density at radius 3 is 1.00 bits per heavy atom. The molecule has 0 amide bonds. The predicted octanol–water partition coefficient (Wildman–Crippen LogP) is 6.44. The van der Waals surface area contributed by atoms with Crippen LogP contribution in [0.2, 0.25) is 6.04 Å². The van der Waals surface area contributed by atoms with Crippen molar-refractivity contribution in [3.8, 4) is 0 Å². The minimum Gasteiger partial charge on any atom is -0.305 e. The number of nitrogens with zero attached hydrogens (tertiary/aromatic N) is 3. The average Bonchev–Trinajstić information content (AvgIpc) is 2.71. The van der Waals surface area contributed by atoms with Crippen LogP contribution in [0.25, 0.3) is 0 Å². The Kier molecular flexibility index (Phi) is 10.3. The van der Waals surface area contributed by atoms with Crippen molar-refractivity contribution in [1.82, 2.24) is 13.7 Å². The predicted molar refractivity (Wildman–Crippen MR) is 106 cm³/mol. The molecule has 0 N–H and O–H groups in total. The van der Waals surface area contributed by atoms with E-state index < -0.39 is 81.5 Å². The Morgan fingerprint density at radius 1 is 0.487 bits per heavy atom. The molecule has 1 atom stereocenters. The third-order valence-corrected chi connectivity index (χ3v) is 11.5. The molecule has 0 spiro atoms. The summed E-state index contributed by atoms with van der Waals surface area (Å²) < 4.78 is 239. The summed E-state index contributed by atoms with van der Waals surface area (Å²) in [4.78, 5) is 0. The fourth-order valence-corrected chi connectivity index (χ4v) is 8.22. The third kappa shape index (κ3) is 5.21. The van der Waals surface area contributed by atoms with Crippen molar-refractivity contribution < 1.29 is 74.6 Å². The smallest absolute Gasteiger partial charge is 0.305 e. The highest BCUT2D eigenvalue weighted by molar-refractivity contribution is 6.71. The van der Waals surface area contributed by atoms with E-state index in [0.717, 1.165) is 0 Å². The van der Waals surface area contributed by atoms with Crippen LogP contribution in [0.5, 0.6) is 0 Å². The van der Waals surface area contributed by atoms with Gasteiger partial charge in [0, 0.05) is 6.42 Å². The molecule has 236 valence electrons. The first-order chi connectivity index (χ1) is 16.7.